The third kappa shape index (κ3) is 6.71. The van der Waals surface area contributed by atoms with E-state index in [1.807, 2.05) is 48.5 Å². The SMILES string of the molecule is CC.CC.CC.Cc1ccc(C=O)c(C(=O)N(C)c2cccc(N3C(=O)c4ccc(Cl)cc4C3=O)c2)c1. The van der Waals surface area contributed by atoms with Crippen molar-refractivity contribution in [1.29, 1.82) is 0 Å². The molecule has 7 heteroatoms. The molecule has 0 fully saturated rings. The molecule has 3 amide bonds. The van der Waals surface area contributed by atoms with Crippen molar-refractivity contribution in [3.63, 3.8) is 0 Å². The minimum absolute atomic E-state index is 0.239. The Kier molecular flexibility index (Phi) is 12.4. The van der Waals surface area contributed by atoms with Crippen LogP contribution in [0.15, 0.2) is 60.7 Å². The Morgan fingerprint density at radius 3 is 2.08 bits per heavy atom. The van der Waals surface area contributed by atoms with Crippen molar-refractivity contribution < 1.29 is 19.2 Å². The predicted octanol–water partition coefficient (Wildman–Crippen LogP) is 7.62. The highest BCUT2D eigenvalue weighted by atomic mass is 35.5. The molecule has 37 heavy (non-hydrogen) atoms. The molecular weight excluding hydrogens is 488 g/mol. The molecule has 0 bridgehead atoms. The van der Waals surface area contributed by atoms with Crippen LogP contribution in [-0.2, 0) is 0 Å². The summed E-state index contributed by atoms with van der Waals surface area (Å²) in [6.45, 7) is 13.8. The van der Waals surface area contributed by atoms with Crippen LogP contribution >= 0.6 is 11.6 Å². The van der Waals surface area contributed by atoms with Gasteiger partial charge in [0.15, 0.2) is 6.29 Å². The molecule has 0 atom stereocenters. The minimum Gasteiger partial charge on any atom is -0.311 e. The number of anilines is 2. The second-order valence-corrected chi connectivity index (χ2v) is 7.66. The Bertz CT molecular complexity index is 1270. The third-order valence-electron chi connectivity index (χ3n) is 5.19. The zero-order valence-electron chi connectivity index (χ0n) is 22.8. The van der Waals surface area contributed by atoms with Gasteiger partial charge in [-0.25, -0.2) is 4.90 Å². The molecule has 0 saturated carbocycles. The summed E-state index contributed by atoms with van der Waals surface area (Å²) in [6, 6.07) is 16.1. The monoisotopic (exact) mass is 522 g/mol. The number of nitrogens with zero attached hydrogens (tertiary/aromatic N) is 2. The van der Waals surface area contributed by atoms with E-state index in [0.29, 0.717) is 22.7 Å². The first-order chi connectivity index (χ1) is 17.8. The second kappa shape index (κ2) is 14.7. The first-order valence-electron chi connectivity index (χ1n) is 12.4. The van der Waals surface area contributed by atoms with Gasteiger partial charge in [0.1, 0.15) is 0 Å². The Morgan fingerprint density at radius 1 is 0.838 bits per heavy atom. The van der Waals surface area contributed by atoms with Crippen molar-refractivity contribution in [2.45, 2.75) is 48.5 Å². The fourth-order valence-electron chi connectivity index (χ4n) is 3.54. The van der Waals surface area contributed by atoms with Gasteiger partial charge in [0.2, 0.25) is 0 Å². The van der Waals surface area contributed by atoms with Crippen LogP contribution in [0.2, 0.25) is 5.02 Å². The normalized spacial score (nSPS) is 11.1. The number of rotatable bonds is 4. The number of halogens is 1. The lowest BCUT2D eigenvalue weighted by molar-refractivity contribution is 0.0924. The van der Waals surface area contributed by atoms with Crippen LogP contribution in [0, 0.1) is 6.92 Å². The van der Waals surface area contributed by atoms with Gasteiger partial charge in [-0.1, -0.05) is 76.9 Å². The number of hydrogen-bond acceptors (Lipinski definition) is 4. The number of aldehydes is 1. The summed E-state index contributed by atoms with van der Waals surface area (Å²) < 4.78 is 0. The largest absolute Gasteiger partial charge is 0.311 e. The maximum Gasteiger partial charge on any atom is 0.266 e. The number of carbonyl (C=O) groups excluding carboxylic acids is 4. The van der Waals surface area contributed by atoms with E-state index in [1.54, 1.807) is 55.6 Å². The summed E-state index contributed by atoms with van der Waals surface area (Å²) in [4.78, 5) is 52.5. The molecule has 0 unspecified atom stereocenters. The highest BCUT2D eigenvalue weighted by Gasteiger charge is 2.37. The van der Waals surface area contributed by atoms with Crippen LogP contribution in [0.3, 0.4) is 0 Å². The fourth-order valence-corrected chi connectivity index (χ4v) is 3.72. The molecule has 0 radical (unpaired) electrons. The molecule has 3 aromatic carbocycles. The molecule has 4 rings (SSSR count). The van der Waals surface area contributed by atoms with Crippen molar-refractivity contribution in [2.75, 3.05) is 16.8 Å². The highest BCUT2D eigenvalue weighted by Crippen LogP contribution is 2.32. The van der Waals surface area contributed by atoms with Gasteiger partial charge in [-0.3, -0.25) is 19.2 Å². The number of carbonyl (C=O) groups is 4. The van der Waals surface area contributed by atoms with E-state index in [-0.39, 0.29) is 28.2 Å². The topological polar surface area (TPSA) is 74.8 Å². The summed E-state index contributed by atoms with van der Waals surface area (Å²) in [5.41, 5.74) is 2.73. The fraction of sp³-hybridized carbons (Fsp3) is 0.267. The Hall–Kier alpha value is -3.77. The quantitative estimate of drug-likeness (QED) is 0.261. The first-order valence-corrected chi connectivity index (χ1v) is 12.8. The van der Waals surface area contributed by atoms with E-state index in [2.05, 4.69) is 0 Å². The smallest absolute Gasteiger partial charge is 0.266 e. The molecule has 6 nitrogen and oxygen atoms in total. The molecule has 0 N–H and O–H groups in total. The van der Waals surface area contributed by atoms with E-state index < -0.39 is 11.8 Å². The molecule has 196 valence electrons. The predicted molar refractivity (Wildman–Crippen MR) is 152 cm³/mol. The Balaban J connectivity index is 0.00000106. The Labute approximate surface area is 224 Å². The van der Waals surface area contributed by atoms with Gasteiger partial charge >= 0.3 is 0 Å². The van der Waals surface area contributed by atoms with Gasteiger partial charge in [-0.2, -0.15) is 0 Å². The van der Waals surface area contributed by atoms with Gasteiger partial charge in [-0.15, -0.1) is 0 Å². The van der Waals surface area contributed by atoms with Gasteiger partial charge in [0, 0.05) is 23.3 Å². The van der Waals surface area contributed by atoms with Crippen molar-refractivity contribution in [2.24, 2.45) is 0 Å². The number of amides is 3. The molecule has 0 aromatic heterocycles. The summed E-state index contributed by atoms with van der Waals surface area (Å²) in [7, 11) is 1.57. The van der Waals surface area contributed by atoms with Crippen molar-refractivity contribution in [1.82, 2.24) is 0 Å². The van der Waals surface area contributed by atoms with Crippen molar-refractivity contribution in [3.8, 4) is 0 Å². The van der Waals surface area contributed by atoms with E-state index in [0.717, 1.165) is 10.5 Å². The average molecular weight is 523 g/mol. The van der Waals surface area contributed by atoms with E-state index in [1.165, 1.54) is 17.0 Å². The maximum absolute atomic E-state index is 13.1. The molecule has 0 spiro atoms. The van der Waals surface area contributed by atoms with Crippen LogP contribution in [0.25, 0.3) is 0 Å². The van der Waals surface area contributed by atoms with Gasteiger partial charge in [-0.05, 0) is 49.4 Å². The molecule has 1 aliphatic heterocycles. The number of imide groups is 1. The van der Waals surface area contributed by atoms with Gasteiger partial charge in [0.05, 0.1) is 22.4 Å². The zero-order valence-corrected chi connectivity index (χ0v) is 23.5. The maximum atomic E-state index is 13.1. The molecule has 3 aromatic rings. The lowest BCUT2D eigenvalue weighted by Gasteiger charge is -2.21. The van der Waals surface area contributed by atoms with Crippen molar-refractivity contribution in [3.05, 3.63) is 93.5 Å². The number of benzene rings is 3. The summed E-state index contributed by atoms with van der Waals surface area (Å²) in [5, 5.41) is 0.366. The molecular formula is C30H35ClN2O4. The summed E-state index contributed by atoms with van der Waals surface area (Å²) >= 11 is 5.97. The molecule has 0 aliphatic carbocycles. The first kappa shape index (κ1) is 31.3. The van der Waals surface area contributed by atoms with E-state index in [4.69, 9.17) is 11.6 Å². The molecule has 0 saturated heterocycles. The number of fused-ring (bicyclic) bond motifs is 1. The van der Waals surface area contributed by atoms with Crippen molar-refractivity contribution >= 4 is 47.0 Å². The standard InChI is InChI=1S/C24H17ClN2O4.3C2H6/c1-14-6-7-15(13-28)20(10-14)22(29)26(2)17-4-3-5-18(12-17)27-23(30)19-9-8-16(25)11-21(19)24(27)31;3*1-2/h3-13H,1-2H3;3*1-2H3. The minimum atomic E-state index is -0.476. The highest BCUT2D eigenvalue weighted by molar-refractivity contribution is 6.36. The summed E-state index contributed by atoms with van der Waals surface area (Å²) in [6.07, 6.45) is 0.640. The van der Waals surface area contributed by atoms with Crippen LogP contribution < -0.4 is 9.80 Å². The van der Waals surface area contributed by atoms with Gasteiger partial charge < -0.3 is 4.90 Å². The van der Waals surface area contributed by atoms with Crippen LogP contribution in [0.5, 0.6) is 0 Å². The lowest BCUT2D eigenvalue weighted by Crippen LogP contribution is -2.30. The van der Waals surface area contributed by atoms with Crippen LogP contribution in [0.1, 0.15) is 88.5 Å². The second-order valence-electron chi connectivity index (χ2n) is 7.23. The lowest BCUT2D eigenvalue weighted by atomic mass is 10.0. The van der Waals surface area contributed by atoms with E-state index in [9.17, 15) is 19.2 Å². The van der Waals surface area contributed by atoms with E-state index >= 15 is 0 Å². The third-order valence-corrected chi connectivity index (χ3v) is 5.43. The van der Waals surface area contributed by atoms with Crippen LogP contribution in [-0.4, -0.2) is 31.1 Å². The molecule has 1 aliphatic rings. The average Bonchev–Trinajstić information content (AvgIpc) is 3.19. The van der Waals surface area contributed by atoms with Gasteiger partial charge in [0.25, 0.3) is 17.7 Å². The zero-order chi connectivity index (χ0) is 28.3. The number of hydrogen-bond donors (Lipinski definition) is 0. The Morgan fingerprint density at radius 2 is 1.46 bits per heavy atom. The van der Waals surface area contributed by atoms with Crippen LogP contribution in [0.4, 0.5) is 11.4 Å². The summed E-state index contributed by atoms with van der Waals surface area (Å²) in [5.74, 6) is -1.31. The number of aryl methyl sites for hydroxylation is 1. The molecule has 1 heterocycles.